The Hall–Kier alpha value is -3.10. The average molecular weight is 524 g/mol. The summed E-state index contributed by atoms with van der Waals surface area (Å²) in [5.74, 6) is -0.420. The summed E-state index contributed by atoms with van der Waals surface area (Å²) >= 11 is 4.91. The summed E-state index contributed by atoms with van der Waals surface area (Å²) in [5, 5.41) is 3.36. The Labute approximate surface area is 203 Å². The SMILES string of the molecule is CCC(C(=O)Nc1cccc(C(C)=O)c1)n1cnc2sc(C)c(-c3ccc(Br)cc3)c2c1=O. The van der Waals surface area contributed by atoms with E-state index in [4.69, 9.17) is 0 Å². The van der Waals surface area contributed by atoms with Crippen molar-refractivity contribution >= 4 is 54.9 Å². The van der Waals surface area contributed by atoms with Crippen molar-refractivity contribution < 1.29 is 9.59 Å². The zero-order valence-electron chi connectivity index (χ0n) is 18.4. The van der Waals surface area contributed by atoms with Crippen molar-refractivity contribution in [1.29, 1.82) is 0 Å². The molecule has 168 valence electrons. The van der Waals surface area contributed by atoms with Crippen LogP contribution in [0.3, 0.4) is 0 Å². The first-order valence-electron chi connectivity index (χ1n) is 10.5. The van der Waals surface area contributed by atoms with Gasteiger partial charge in [0.25, 0.3) is 5.56 Å². The summed E-state index contributed by atoms with van der Waals surface area (Å²) < 4.78 is 2.36. The van der Waals surface area contributed by atoms with E-state index in [1.54, 1.807) is 24.3 Å². The lowest BCUT2D eigenvalue weighted by atomic mass is 10.0. The van der Waals surface area contributed by atoms with Crippen LogP contribution in [0.5, 0.6) is 0 Å². The summed E-state index contributed by atoms with van der Waals surface area (Å²) in [4.78, 5) is 44.5. The molecule has 33 heavy (non-hydrogen) atoms. The first-order chi connectivity index (χ1) is 15.8. The second-order valence-electron chi connectivity index (χ2n) is 7.73. The highest BCUT2D eigenvalue weighted by atomic mass is 79.9. The van der Waals surface area contributed by atoms with E-state index in [1.165, 1.54) is 29.2 Å². The van der Waals surface area contributed by atoms with E-state index in [0.29, 0.717) is 27.9 Å². The number of Topliss-reactive ketones (excluding diaryl/α,β-unsaturated/α-hetero) is 1. The highest BCUT2D eigenvalue weighted by molar-refractivity contribution is 9.10. The van der Waals surface area contributed by atoms with Crippen molar-refractivity contribution in [3.8, 4) is 11.1 Å². The van der Waals surface area contributed by atoms with Gasteiger partial charge in [0.15, 0.2) is 5.78 Å². The maximum Gasteiger partial charge on any atom is 0.263 e. The van der Waals surface area contributed by atoms with E-state index in [1.807, 2.05) is 38.1 Å². The molecule has 0 aliphatic carbocycles. The number of anilines is 1. The van der Waals surface area contributed by atoms with Gasteiger partial charge in [-0.2, -0.15) is 0 Å². The summed E-state index contributed by atoms with van der Waals surface area (Å²) in [6.45, 7) is 5.29. The molecule has 8 heteroatoms. The van der Waals surface area contributed by atoms with Crippen molar-refractivity contribution in [2.24, 2.45) is 0 Å². The molecule has 0 bridgehead atoms. The number of nitrogens with zero attached hydrogens (tertiary/aromatic N) is 2. The van der Waals surface area contributed by atoms with Crippen molar-refractivity contribution in [1.82, 2.24) is 9.55 Å². The fourth-order valence-corrected chi connectivity index (χ4v) is 5.12. The second kappa shape index (κ2) is 9.41. The van der Waals surface area contributed by atoms with E-state index in [-0.39, 0.29) is 17.2 Å². The number of nitrogens with one attached hydrogen (secondary N) is 1. The number of aromatic nitrogens is 2. The molecule has 1 atom stereocenters. The lowest BCUT2D eigenvalue weighted by Gasteiger charge is -2.18. The Kier molecular flexibility index (Phi) is 6.58. The third kappa shape index (κ3) is 4.54. The minimum atomic E-state index is -0.742. The van der Waals surface area contributed by atoms with Gasteiger partial charge < -0.3 is 5.32 Å². The Morgan fingerprint density at radius 3 is 2.58 bits per heavy atom. The molecule has 0 aliphatic heterocycles. The number of thiophene rings is 1. The van der Waals surface area contributed by atoms with Crippen LogP contribution in [-0.4, -0.2) is 21.2 Å². The van der Waals surface area contributed by atoms with Gasteiger partial charge in [0, 0.05) is 26.2 Å². The summed E-state index contributed by atoms with van der Waals surface area (Å²) in [6, 6.07) is 13.8. The number of fused-ring (bicyclic) bond motifs is 1. The molecule has 2 heterocycles. The highest BCUT2D eigenvalue weighted by Gasteiger charge is 2.24. The molecule has 4 rings (SSSR count). The highest BCUT2D eigenvalue weighted by Crippen LogP contribution is 2.36. The summed E-state index contributed by atoms with van der Waals surface area (Å²) in [7, 11) is 0. The van der Waals surface area contributed by atoms with E-state index >= 15 is 0 Å². The number of hydrogen-bond acceptors (Lipinski definition) is 5. The molecule has 1 amide bonds. The zero-order chi connectivity index (χ0) is 23.7. The maximum atomic E-state index is 13.6. The predicted octanol–water partition coefficient (Wildman–Crippen LogP) is 5.99. The van der Waals surface area contributed by atoms with Gasteiger partial charge in [0.05, 0.1) is 11.7 Å². The van der Waals surface area contributed by atoms with E-state index in [0.717, 1.165) is 20.5 Å². The standard InChI is InChI=1S/C25H22BrN3O3S/c1-4-20(23(31)28-19-7-5-6-17(12-19)14(2)30)29-13-27-24-22(25(29)32)21(15(3)33-24)16-8-10-18(26)11-9-16/h5-13,20H,4H2,1-3H3,(H,28,31). The van der Waals surface area contributed by atoms with Gasteiger partial charge in [-0.1, -0.05) is 47.1 Å². The van der Waals surface area contributed by atoms with Gasteiger partial charge >= 0.3 is 0 Å². The van der Waals surface area contributed by atoms with Gasteiger partial charge in [0.1, 0.15) is 10.9 Å². The van der Waals surface area contributed by atoms with Gasteiger partial charge in [-0.05, 0) is 50.1 Å². The van der Waals surface area contributed by atoms with E-state index in [2.05, 4.69) is 26.2 Å². The molecule has 0 aliphatic rings. The van der Waals surface area contributed by atoms with Crippen LogP contribution in [0, 0.1) is 6.92 Å². The minimum absolute atomic E-state index is 0.0858. The number of halogens is 1. The Bertz CT molecular complexity index is 1420. The molecule has 1 unspecified atom stereocenters. The lowest BCUT2D eigenvalue weighted by molar-refractivity contribution is -0.119. The number of ketones is 1. The van der Waals surface area contributed by atoms with Crippen LogP contribution in [-0.2, 0) is 4.79 Å². The van der Waals surface area contributed by atoms with Crippen LogP contribution in [0.4, 0.5) is 5.69 Å². The van der Waals surface area contributed by atoms with Crippen molar-refractivity contribution in [3.05, 3.63) is 80.1 Å². The number of aryl methyl sites for hydroxylation is 1. The first kappa shape index (κ1) is 23.1. The molecule has 2 aromatic carbocycles. The number of rotatable bonds is 6. The van der Waals surface area contributed by atoms with Gasteiger partial charge in [-0.15, -0.1) is 11.3 Å². The maximum absolute atomic E-state index is 13.6. The summed E-state index contributed by atoms with van der Waals surface area (Å²) in [5.41, 5.74) is 2.54. The third-order valence-corrected chi connectivity index (χ3v) is 7.05. The van der Waals surface area contributed by atoms with Crippen molar-refractivity contribution in [3.63, 3.8) is 0 Å². The predicted molar refractivity (Wildman–Crippen MR) is 136 cm³/mol. The number of carbonyl (C=O) groups is 2. The number of hydrogen-bond donors (Lipinski definition) is 1. The van der Waals surface area contributed by atoms with Gasteiger partial charge in [0.2, 0.25) is 5.91 Å². The molecule has 1 N–H and O–H groups in total. The first-order valence-corrected chi connectivity index (χ1v) is 12.1. The van der Waals surface area contributed by atoms with Crippen molar-refractivity contribution in [2.75, 3.05) is 5.32 Å². The topological polar surface area (TPSA) is 81.1 Å². The molecule has 0 radical (unpaired) electrons. The number of amides is 1. The van der Waals surface area contributed by atoms with Crippen LogP contribution in [0.25, 0.3) is 21.3 Å². The van der Waals surface area contributed by atoms with Crippen LogP contribution in [0.15, 0.2) is 64.1 Å². The lowest BCUT2D eigenvalue weighted by Crippen LogP contribution is -2.33. The van der Waals surface area contributed by atoms with Gasteiger partial charge in [-0.25, -0.2) is 4.98 Å². The third-order valence-electron chi connectivity index (χ3n) is 5.51. The minimum Gasteiger partial charge on any atom is -0.324 e. The zero-order valence-corrected chi connectivity index (χ0v) is 20.8. The Morgan fingerprint density at radius 2 is 1.91 bits per heavy atom. The Morgan fingerprint density at radius 1 is 1.18 bits per heavy atom. The molecule has 6 nitrogen and oxygen atoms in total. The monoisotopic (exact) mass is 523 g/mol. The molecule has 2 aromatic heterocycles. The fourth-order valence-electron chi connectivity index (χ4n) is 3.85. The number of benzene rings is 2. The van der Waals surface area contributed by atoms with E-state index < -0.39 is 6.04 Å². The quantitative estimate of drug-likeness (QED) is 0.315. The molecule has 0 spiro atoms. The Balaban J connectivity index is 1.75. The van der Waals surface area contributed by atoms with Crippen LogP contribution >= 0.6 is 27.3 Å². The largest absolute Gasteiger partial charge is 0.324 e. The smallest absolute Gasteiger partial charge is 0.263 e. The van der Waals surface area contributed by atoms with Crippen molar-refractivity contribution in [2.45, 2.75) is 33.2 Å². The average Bonchev–Trinajstić information content (AvgIpc) is 3.13. The normalized spacial score (nSPS) is 12.0. The summed E-state index contributed by atoms with van der Waals surface area (Å²) in [6.07, 6.45) is 1.85. The van der Waals surface area contributed by atoms with Crippen LogP contribution in [0.1, 0.15) is 41.5 Å². The molecule has 0 saturated carbocycles. The second-order valence-corrected chi connectivity index (χ2v) is 9.85. The molecule has 4 aromatic rings. The van der Waals surface area contributed by atoms with Crippen LogP contribution < -0.4 is 10.9 Å². The fraction of sp³-hybridized carbons (Fsp3) is 0.200. The van der Waals surface area contributed by atoms with Crippen LogP contribution in [0.2, 0.25) is 0 Å². The van der Waals surface area contributed by atoms with Gasteiger partial charge in [-0.3, -0.25) is 19.0 Å². The molecular formula is C25H22BrN3O3S. The van der Waals surface area contributed by atoms with E-state index in [9.17, 15) is 14.4 Å². The molecule has 0 fully saturated rings. The molecule has 0 saturated heterocycles. The molecular weight excluding hydrogens is 502 g/mol. The number of carbonyl (C=O) groups excluding carboxylic acids is 2.